The van der Waals surface area contributed by atoms with Gasteiger partial charge in [0.2, 0.25) is 0 Å². The third kappa shape index (κ3) is 2.89. The molecule has 0 fully saturated rings. The van der Waals surface area contributed by atoms with Gasteiger partial charge >= 0.3 is 0 Å². The van der Waals surface area contributed by atoms with E-state index < -0.39 is 6.10 Å². The van der Waals surface area contributed by atoms with Crippen molar-refractivity contribution in [1.29, 1.82) is 0 Å². The largest absolute Gasteiger partial charge is 0.508 e. The zero-order valence-electron chi connectivity index (χ0n) is 13.7. The fraction of sp³-hybridized carbons (Fsp3) is 0.316. The standard InChI is InChI=1S/C19H21NO3/c1-4-20-16-11-15(21)7-8-17(16)23-18(19(20)22)10-14-6-5-12(2)13(3)9-14/h5-9,11,18,21H,4,10H2,1-3H3. The van der Waals surface area contributed by atoms with Crippen molar-refractivity contribution in [3.05, 3.63) is 53.1 Å². The molecule has 0 saturated heterocycles. The van der Waals surface area contributed by atoms with E-state index in [4.69, 9.17) is 4.74 Å². The number of nitrogens with zero attached hydrogens (tertiary/aromatic N) is 1. The van der Waals surface area contributed by atoms with Gasteiger partial charge in [-0.15, -0.1) is 0 Å². The van der Waals surface area contributed by atoms with Crippen LogP contribution in [0.25, 0.3) is 0 Å². The topological polar surface area (TPSA) is 49.8 Å². The van der Waals surface area contributed by atoms with Gasteiger partial charge in [0, 0.05) is 19.0 Å². The summed E-state index contributed by atoms with van der Waals surface area (Å²) in [5.41, 5.74) is 4.17. The van der Waals surface area contributed by atoms with Crippen LogP contribution >= 0.6 is 0 Å². The molecular formula is C19H21NO3. The Labute approximate surface area is 136 Å². The van der Waals surface area contributed by atoms with E-state index in [1.54, 1.807) is 23.1 Å². The minimum atomic E-state index is -0.533. The smallest absolute Gasteiger partial charge is 0.268 e. The second-order valence-electron chi connectivity index (χ2n) is 5.96. The molecule has 0 aliphatic carbocycles. The lowest BCUT2D eigenvalue weighted by Gasteiger charge is -2.34. The summed E-state index contributed by atoms with van der Waals surface area (Å²) in [5.74, 6) is 0.702. The van der Waals surface area contributed by atoms with Gasteiger partial charge in [-0.2, -0.15) is 0 Å². The van der Waals surface area contributed by atoms with Crippen molar-refractivity contribution < 1.29 is 14.6 Å². The normalized spacial score (nSPS) is 16.9. The highest BCUT2D eigenvalue weighted by Gasteiger charge is 2.33. The molecule has 23 heavy (non-hydrogen) atoms. The lowest BCUT2D eigenvalue weighted by molar-refractivity contribution is -0.126. The molecule has 4 heteroatoms. The number of anilines is 1. The maximum atomic E-state index is 12.7. The molecule has 120 valence electrons. The highest BCUT2D eigenvalue weighted by atomic mass is 16.5. The number of carbonyl (C=O) groups excluding carboxylic acids is 1. The molecular weight excluding hydrogens is 290 g/mol. The van der Waals surface area contributed by atoms with Gasteiger partial charge in [0.05, 0.1) is 5.69 Å². The molecule has 1 unspecified atom stereocenters. The van der Waals surface area contributed by atoms with Crippen LogP contribution < -0.4 is 9.64 Å². The molecule has 1 atom stereocenters. The highest BCUT2D eigenvalue weighted by molar-refractivity contribution is 6.00. The Kier molecular flexibility index (Phi) is 3.99. The SMILES string of the molecule is CCN1C(=O)C(Cc2ccc(C)c(C)c2)Oc2ccc(O)cc21. The molecule has 3 rings (SSSR count). The lowest BCUT2D eigenvalue weighted by Crippen LogP contribution is -2.46. The molecule has 0 radical (unpaired) electrons. The molecule has 0 saturated carbocycles. The van der Waals surface area contributed by atoms with Gasteiger partial charge in [-0.1, -0.05) is 18.2 Å². The Bertz CT molecular complexity index is 754. The number of phenols is 1. The number of hydrogen-bond donors (Lipinski definition) is 1. The fourth-order valence-electron chi connectivity index (χ4n) is 2.91. The molecule has 0 spiro atoms. The first-order chi connectivity index (χ1) is 11.0. The molecule has 1 N–H and O–H groups in total. The summed E-state index contributed by atoms with van der Waals surface area (Å²) in [6, 6.07) is 11.1. The summed E-state index contributed by atoms with van der Waals surface area (Å²) < 4.78 is 5.90. The van der Waals surface area contributed by atoms with Crippen molar-refractivity contribution in [3.8, 4) is 11.5 Å². The summed E-state index contributed by atoms with van der Waals surface area (Å²) in [5, 5.41) is 9.65. The van der Waals surface area contributed by atoms with Crippen LogP contribution in [0.1, 0.15) is 23.6 Å². The first-order valence-corrected chi connectivity index (χ1v) is 7.86. The van der Waals surface area contributed by atoms with Crippen LogP contribution in [-0.2, 0) is 11.2 Å². The van der Waals surface area contributed by atoms with Crippen LogP contribution in [0, 0.1) is 13.8 Å². The number of amides is 1. The number of likely N-dealkylation sites (N-methyl/N-ethyl adjacent to an activating group) is 1. The molecule has 1 amide bonds. The summed E-state index contributed by atoms with van der Waals surface area (Å²) >= 11 is 0. The average molecular weight is 311 g/mol. The second kappa shape index (κ2) is 5.95. The van der Waals surface area contributed by atoms with Crippen molar-refractivity contribution in [3.63, 3.8) is 0 Å². The summed E-state index contributed by atoms with van der Waals surface area (Å²) in [7, 11) is 0. The van der Waals surface area contributed by atoms with Crippen LogP contribution in [-0.4, -0.2) is 23.7 Å². The Morgan fingerprint density at radius 1 is 1.13 bits per heavy atom. The molecule has 1 aliphatic rings. The van der Waals surface area contributed by atoms with E-state index in [1.807, 2.05) is 13.0 Å². The number of aryl methyl sites for hydroxylation is 2. The van der Waals surface area contributed by atoms with Gasteiger partial charge in [0.1, 0.15) is 11.5 Å². The van der Waals surface area contributed by atoms with Gasteiger partial charge in [-0.05, 0) is 49.6 Å². The predicted octanol–water partition coefficient (Wildman–Crippen LogP) is 3.37. The van der Waals surface area contributed by atoms with E-state index in [9.17, 15) is 9.90 Å². The van der Waals surface area contributed by atoms with Crippen LogP contribution in [0.3, 0.4) is 0 Å². The monoisotopic (exact) mass is 311 g/mol. The molecule has 1 aliphatic heterocycles. The molecule has 0 bridgehead atoms. The van der Waals surface area contributed by atoms with E-state index in [1.165, 1.54) is 11.1 Å². The fourth-order valence-corrected chi connectivity index (χ4v) is 2.91. The van der Waals surface area contributed by atoms with E-state index in [2.05, 4.69) is 26.0 Å². The maximum Gasteiger partial charge on any atom is 0.268 e. The highest BCUT2D eigenvalue weighted by Crippen LogP contribution is 2.37. The number of rotatable bonds is 3. The molecule has 2 aromatic carbocycles. The number of carbonyl (C=O) groups is 1. The Hall–Kier alpha value is -2.49. The zero-order chi connectivity index (χ0) is 16.6. The number of hydrogen-bond acceptors (Lipinski definition) is 3. The van der Waals surface area contributed by atoms with Crippen LogP contribution in [0.2, 0.25) is 0 Å². The summed E-state index contributed by atoms with van der Waals surface area (Å²) in [6.45, 7) is 6.61. The van der Waals surface area contributed by atoms with Crippen molar-refractivity contribution in [2.75, 3.05) is 11.4 Å². The van der Waals surface area contributed by atoms with Gasteiger partial charge in [-0.25, -0.2) is 0 Å². The minimum Gasteiger partial charge on any atom is -0.508 e. The van der Waals surface area contributed by atoms with E-state index in [0.29, 0.717) is 24.4 Å². The Morgan fingerprint density at radius 3 is 2.61 bits per heavy atom. The Balaban J connectivity index is 1.90. The molecule has 4 nitrogen and oxygen atoms in total. The second-order valence-corrected chi connectivity index (χ2v) is 5.96. The number of aromatic hydroxyl groups is 1. The third-order valence-electron chi connectivity index (χ3n) is 4.35. The van der Waals surface area contributed by atoms with Crippen LogP contribution in [0.15, 0.2) is 36.4 Å². The molecule has 0 aromatic heterocycles. The van der Waals surface area contributed by atoms with E-state index in [-0.39, 0.29) is 11.7 Å². The minimum absolute atomic E-state index is 0.0659. The maximum absolute atomic E-state index is 12.7. The van der Waals surface area contributed by atoms with Crippen molar-refractivity contribution in [1.82, 2.24) is 0 Å². The van der Waals surface area contributed by atoms with E-state index in [0.717, 1.165) is 5.56 Å². The Morgan fingerprint density at radius 2 is 1.91 bits per heavy atom. The summed E-state index contributed by atoms with van der Waals surface area (Å²) in [6.07, 6.45) is 0.00522. The van der Waals surface area contributed by atoms with Crippen LogP contribution in [0.4, 0.5) is 5.69 Å². The average Bonchev–Trinajstić information content (AvgIpc) is 2.52. The number of ether oxygens (including phenoxy) is 1. The van der Waals surface area contributed by atoms with Crippen molar-refractivity contribution >= 4 is 11.6 Å². The van der Waals surface area contributed by atoms with Crippen molar-refractivity contribution in [2.24, 2.45) is 0 Å². The zero-order valence-corrected chi connectivity index (χ0v) is 13.7. The predicted molar refractivity (Wildman–Crippen MR) is 90.2 cm³/mol. The number of benzene rings is 2. The first kappa shape index (κ1) is 15.4. The van der Waals surface area contributed by atoms with Gasteiger partial charge in [0.25, 0.3) is 5.91 Å². The quantitative estimate of drug-likeness (QED) is 0.945. The first-order valence-electron chi connectivity index (χ1n) is 7.86. The molecule has 1 heterocycles. The summed E-state index contributed by atoms with van der Waals surface area (Å²) in [4.78, 5) is 14.4. The van der Waals surface area contributed by atoms with Gasteiger partial charge < -0.3 is 14.7 Å². The molecule has 2 aromatic rings. The van der Waals surface area contributed by atoms with E-state index >= 15 is 0 Å². The van der Waals surface area contributed by atoms with Crippen LogP contribution in [0.5, 0.6) is 11.5 Å². The van der Waals surface area contributed by atoms with Gasteiger partial charge in [0.15, 0.2) is 6.10 Å². The van der Waals surface area contributed by atoms with Crippen molar-refractivity contribution in [2.45, 2.75) is 33.3 Å². The van der Waals surface area contributed by atoms with Gasteiger partial charge in [-0.3, -0.25) is 4.79 Å². The number of fused-ring (bicyclic) bond motifs is 1. The lowest BCUT2D eigenvalue weighted by atomic mass is 10.0. The third-order valence-corrected chi connectivity index (χ3v) is 4.35. The number of phenolic OH excluding ortho intramolecular Hbond substituents is 1.